The fourth-order valence-corrected chi connectivity index (χ4v) is 4.27. The van der Waals surface area contributed by atoms with Crippen LogP contribution >= 0.6 is 11.8 Å². The van der Waals surface area contributed by atoms with E-state index < -0.39 is 8.07 Å². The molecule has 0 bridgehead atoms. The third kappa shape index (κ3) is 3.87. The number of benzene rings is 1. The molecule has 0 aliphatic carbocycles. The molecule has 0 unspecified atom stereocenters. The zero-order valence-electron chi connectivity index (χ0n) is 11.2. The van der Waals surface area contributed by atoms with Gasteiger partial charge in [0.2, 0.25) is 0 Å². The van der Waals surface area contributed by atoms with E-state index in [0.29, 0.717) is 0 Å². The van der Waals surface area contributed by atoms with Crippen LogP contribution in [0.1, 0.15) is 5.56 Å². The van der Waals surface area contributed by atoms with Crippen molar-refractivity contribution in [1.29, 1.82) is 0 Å². The molecule has 1 nitrogen and oxygen atoms in total. The summed E-state index contributed by atoms with van der Waals surface area (Å²) >= 11 is 2.08. The highest BCUT2D eigenvalue weighted by Crippen LogP contribution is 2.13. The van der Waals surface area contributed by atoms with Crippen molar-refractivity contribution in [2.24, 2.45) is 0 Å². The zero-order chi connectivity index (χ0) is 12.3. The molecule has 0 atom stereocenters. The summed E-state index contributed by atoms with van der Waals surface area (Å²) in [4.78, 5) is 2.57. The molecule has 1 fully saturated rings. The van der Waals surface area contributed by atoms with Crippen LogP contribution in [-0.4, -0.2) is 37.6 Å². The minimum absolute atomic E-state index is 1.13. The summed E-state index contributed by atoms with van der Waals surface area (Å²) in [7, 11) is -1.13. The molecular formula is C14H23NSSi. The van der Waals surface area contributed by atoms with Crippen LogP contribution in [-0.2, 0) is 6.54 Å². The van der Waals surface area contributed by atoms with Gasteiger partial charge in [0.15, 0.2) is 0 Å². The van der Waals surface area contributed by atoms with Crippen molar-refractivity contribution in [3.8, 4) is 0 Å². The molecule has 0 radical (unpaired) electrons. The molecule has 0 saturated carbocycles. The number of hydrogen-bond acceptors (Lipinski definition) is 2. The van der Waals surface area contributed by atoms with Gasteiger partial charge in [0.05, 0.1) is 8.07 Å². The molecule has 0 spiro atoms. The van der Waals surface area contributed by atoms with Gasteiger partial charge in [-0.25, -0.2) is 0 Å². The van der Waals surface area contributed by atoms with Crippen LogP contribution in [0.15, 0.2) is 24.3 Å². The van der Waals surface area contributed by atoms with Crippen LogP contribution in [0, 0.1) is 0 Å². The van der Waals surface area contributed by atoms with Crippen LogP contribution in [0.2, 0.25) is 19.6 Å². The molecule has 1 saturated heterocycles. The summed E-state index contributed by atoms with van der Waals surface area (Å²) in [6.07, 6.45) is 0. The minimum atomic E-state index is -1.13. The molecule has 3 heteroatoms. The molecular weight excluding hydrogens is 242 g/mol. The second-order valence-electron chi connectivity index (χ2n) is 5.84. The monoisotopic (exact) mass is 265 g/mol. The quantitative estimate of drug-likeness (QED) is 0.773. The van der Waals surface area contributed by atoms with Crippen molar-refractivity contribution in [2.45, 2.75) is 26.2 Å². The summed E-state index contributed by atoms with van der Waals surface area (Å²) in [5, 5.41) is 1.57. The summed E-state index contributed by atoms with van der Waals surface area (Å²) in [5.74, 6) is 2.60. The highest BCUT2D eigenvalue weighted by molar-refractivity contribution is 7.99. The molecule has 1 aliphatic rings. The first-order valence-corrected chi connectivity index (χ1v) is 11.1. The van der Waals surface area contributed by atoms with E-state index >= 15 is 0 Å². The maximum Gasteiger partial charge on any atom is 0.0775 e. The SMILES string of the molecule is C[Si](C)(C)c1ccc(CN2CCSCC2)cc1. The van der Waals surface area contributed by atoms with Crippen LogP contribution in [0.4, 0.5) is 0 Å². The Kier molecular flexibility index (Phi) is 4.34. The Labute approximate surface area is 111 Å². The lowest BCUT2D eigenvalue weighted by Crippen LogP contribution is -2.37. The van der Waals surface area contributed by atoms with E-state index in [-0.39, 0.29) is 0 Å². The molecule has 0 N–H and O–H groups in total. The Morgan fingerprint density at radius 2 is 1.65 bits per heavy atom. The Morgan fingerprint density at radius 3 is 2.18 bits per heavy atom. The molecule has 2 rings (SSSR count). The smallest absolute Gasteiger partial charge is 0.0775 e. The Hall–Kier alpha value is -0.253. The van der Waals surface area contributed by atoms with Crippen molar-refractivity contribution in [2.75, 3.05) is 24.6 Å². The van der Waals surface area contributed by atoms with Crippen molar-refractivity contribution < 1.29 is 0 Å². The lowest BCUT2D eigenvalue weighted by molar-refractivity contribution is 0.294. The largest absolute Gasteiger partial charge is 0.297 e. The van der Waals surface area contributed by atoms with Gasteiger partial charge in [-0.05, 0) is 5.56 Å². The molecule has 17 heavy (non-hydrogen) atoms. The van der Waals surface area contributed by atoms with Crippen LogP contribution in [0.25, 0.3) is 0 Å². The average molecular weight is 265 g/mol. The van der Waals surface area contributed by atoms with Gasteiger partial charge in [-0.3, -0.25) is 4.90 Å². The zero-order valence-corrected chi connectivity index (χ0v) is 13.0. The van der Waals surface area contributed by atoms with E-state index in [1.807, 2.05) is 0 Å². The number of hydrogen-bond donors (Lipinski definition) is 0. The van der Waals surface area contributed by atoms with Gasteiger partial charge < -0.3 is 0 Å². The normalized spacial score (nSPS) is 18.3. The van der Waals surface area contributed by atoms with Crippen LogP contribution < -0.4 is 5.19 Å². The topological polar surface area (TPSA) is 3.24 Å². The Balaban J connectivity index is 1.98. The van der Waals surface area contributed by atoms with Gasteiger partial charge >= 0.3 is 0 Å². The molecule has 0 aromatic heterocycles. The summed E-state index contributed by atoms with van der Waals surface area (Å²) in [6.45, 7) is 10.9. The van der Waals surface area contributed by atoms with E-state index in [1.165, 1.54) is 30.2 Å². The first-order valence-electron chi connectivity index (χ1n) is 6.45. The van der Waals surface area contributed by atoms with Crippen molar-refractivity contribution in [3.05, 3.63) is 29.8 Å². The van der Waals surface area contributed by atoms with Crippen molar-refractivity contribution in [3.63, 3.8) is 0 Å². The maximum atomic E-state index is 2.57. The molecule has 1 heterocycles. The fourth-order valence-electron chi connectivity index (χ4n) is 2.13. The number of thioether (sulfide) groups is 1. The lowest BCUT2D eigenvalue weighted by Gasteiger charge is -2.26. The molecule has 94 valence electrons. The summed E-state index contributed by atoms with van der Waals surface area (Å²) in [5.41, 5.74) is 1.47. The minimum Gasteiger partial charge on any atom is -0.297 e. The highest BCUT2D eigenvalue weighted by Gasteiger charge is 2.16. The van der Waals surface area contributed by atoms with E-state index in [9.17, 15) is 0 Å². The Bertz CT molecular complexity index is 349. The van der Waals surface area contributed by atoms with Crippen molar-refractivity contribution >= 4 is 25.0 Å². The van der Waals surface area contributed by atoms with Gasteiger partial charge in [-0.1, -0.05) is 49.1 Å². The predicted octanol–water partition coefficient (Wildman–Crippen LogP) is 2.78. The highest BCUT2D eigenvalue weighted by atomic mass is 32.2. The van der Waals surface area contributed by atoms with E-state index in [1.54, 1.807) is 5.19 Å². The van der Waals surface area contributed by atoms with Gasteiger partial charge in [-0.2, -0.15) is 11.8 Å². The summed E-state index contributed by atoms with van der Waals surface area (Å²) < 4.78 is 0. The average Bonchev–Trinajstić information content (AvgIpc) is 2.30. The van der Waals surface area contributed by atoms with Gasteiger partial charge in [0, 0.05) is 31.1 Å². The first-order chi connectivity index (χ1) is 8.05. The maximum absolute atomic E-state index is 2.57. The molecule has 1 aliphatic heterocycles. The fraction of sp³-hybridized carbons (Fsp3) is 0.571. The molecule has 1 aromatic carbocycles. The Morgan fingerprint density at radius 1 is 1.06 bits per heavy atom. The molecule has 1 aromatic rings. The second kappa shape index (κ2) is 5.59. The third-order valence-corrected chi connectivity index (χ3v) is 6.34. The first kappa shape index (κ1) is 13.2. The summed E-state index contributed by atoms with van der Waals surface area (Å²) in [6, 6.07) is 9.35. The predicted molar refractivity (Wildman–Crippen MR) is 82.0 cm³/mol. The van der Waals surface area contributed by atoms with E-state index in [0.717, 1.165) is 6.54 Å². The van der Waals surface area contributed by atoms with Gasteiger partial charge in [0.1, 0.15) is 0 Å². The lowest BCUT2D eigenvalue weighted by atomic mass is 10.2. The van der Waals surface area contributed by atoms with Crippen LogP contribution in [0.3, 0.4) is 0 Å². The van der Waals surface area contributed by atoms with E-state index in [2.05, 4.69) is 60.6 Å². The third-order valence-electron chi connectivity index (χ3n) is 3.33. The second-order valence-corrected chi connectivity index (χ2v) is 12.1. The standard InChI is InChI=1S/C14H23NSSi/c1-17(2,3)14-6-4-13(5-7-14)12-15-8-10-16-11-9-15/h4-7H,8-12H2,1-3H3. The molecule has 0 amide bonds. The van der Waals surface area contributed by atoms with E-state index in [4.69, 9.17) is 0 Å². The van der Waals surface area contributed by atoms with Gasteiger partial charge in [0.25, 0.3) is 0 Å². The van der Waals surface area contributed by atoms with Gasteiger partial charge in [-0.15, -0.1) is 0 Å². The van der Waals surface area contributed by atoms with Crippen molar-refractivity contribution in [1.82, 2.24) is 4.90 Å². The number of rotatable bonds is 3. The number of nitrogens with zero attached hydrogens (tertiary/aromatic N) is 1. The van der Waals surface area contributed by atoms with Crippen LogP contribution in [0.5, 0.6) is 0 Å².